The van der Waals surface area contributed by atoms with E-state index >= 15 is 0 Å². The number of methoxy groups -OCH3 is 1. The van der Waals surface area contributed by atoms with Crippen molar-refractivity contribution < 1.29 is 19.0 Å². The van der Waals surface area contributed by atoms with Crippen LogP contribution in [-0.4, -0.2) is 25.0 Å². The lowest BCUT2D eigenvalue weighted by atomic mass is 10.2. The van der Waals surface area contributed by atoms with Crippen molar-refractivity contribution in [3.63, 3.8) is 0 Å². The molecule has 0 radical (unpaired) electrons. The van der Waals surface area contributed by atoms with E-state index in [1.54, 1.807) is 31.4 Å². The number of carbonyl (C=O) groups excluding carboxylic acids is 1. The molecule has 0 fully saturated rings. The van der Waals surface area contributed by atoms with E-state index in [0.717, 1.165) is 6.29 Å². The molecule has 0 unspecified atom stereocenters. The topological polar surface area (TPSA) is 57.7 Å². The molecule has 0 bridgehead atoms. The maximum atomic E-state index is 11.1. The normalized spacial score (nSPS) is 10.0. The van der Waals surface area contributed by atoms with Crippen molar-refractivity contribution in [1.82, 2.24) is 4.98 Å². The van der Waals surface area contributed by atoms with Crippen LogP contribution in [0.1, 0.15) is 23.0 Å². The first-order chi connectivity index (χ1) is 10.3. The highest BCUT2D eigenvalue weighted by atomic mass is 16.5. The van der Waals surface area contributed by atoms with Gasteiger partial charge in [-0.25, -0.2) is 4.98 Å². The average molecular weight is 287 g/mol. The van der Waals surface area contributed by atoms with Crippen LogP contribution in [0.2, 0.25) is 0 Å². The van der Waals surface area contributed by atoms with Gasteiger partial charge in [-0.1, -0.05) is 12.1 Å². The monoisotopic (exact) mass is 287 g/mol. The van der Waals surface area contributed by atoms with Crippen LogP contribution in [-0.2, 0) is 6.61 Å². The van der Waals surface area contributed by atoms with Crippen molar-refractivity contribution >= 4 is 6.29 Å². The summed E-state index contributed by atoms with van der Waals surface area (Å²) in [5.74, 6) is 1.49. The molecule has 0 aliphatic rings. The van der Waals surface area contributed by atoms with Gasteiger partial charge in [0.1, 0.15) is 6.61 Å². The van der Waals surface area contributed by atoms with Crippen LogP contribution < -0.4 is 14.2 Å². The second-order valence-corrected chi connectivity index (χ2v) is 4.19. The van der Waals surface area contributed by atoms with Gasteiger partial charge in [0.15, 0.2) is 17.8 Å². The first kappa shape index (κ1) is 14.8. The van der Waals surface area contributed by atoms with Crippen LogP contribution in [0.4, 0.5) is 0 Å². The molecule has 21 heavy (non-hydrogen) atoms. The molecule has 0 N–H and O–H groups in total. The van der Waals surface area contributed by atoms with E-state index in [2.05, 4.69) is 4.98 Å². The average Bonchev–Trinajstić information content (AvgIpc) is 2.54. The minimum atomic E-state index is 0.224. The van der Waals surface area contributed by atoms with Crippen molar-refractivity contribution in [3.05, 3.63) is 47.7 Å². The zero-order valence-corrected chi connectivity index (χ0v) is 12.0. The number of pyridine rings is 1. The molecule has 0 aliphatic heterocycles. The van der Waals surface area contributed by atoms with Crippen LogP contribution in [0.25, 0.3) is 0 Å². The minimum absolute atomic E-state index is 0.224. The number of hydrogen-bond donors (Lipinski definition) is 0. The van der Waals surface area contributed by atoms with Gasteiger partial charge in [-0.05, 0) is 25.1 Å². The zero-order valence-electron chi connectivity index (χ0n) is 12.0. The molecular formula is C16H17NO4. The number of aromatic nitrogens is 1. The van der Waals surface area contributed by atoms with E-state index in [1.165, 1.54) is 0 Å². The van der Waals surface area contributed by atoms with Crippen molar-refractivity contribution in [2.24, 2.45) is 0 Å². The molecular weight excluding hydrogens is 270 g/mol. The van der Waals surface area contributed by atoms with Crippen LogP contribution in [0.5, 0.6) is 17.4 Å². The van der Waals surface area contributed by atoms with E-state index in [4.69, 9.17) is 14.2 Å². The SMILES string of the molecule is CCOc1cccc(C=O)c1OCc1cccc(OC)n1. The molecule has 1 aromatic heterocycles. The second-order valence-electron chi connectivity index (χ2n) is 4.19. The van der Waals surface area contributed by atoms with E-state index in [0.29, 0.717) is 35.2 Å². The highest BCUT2D eigenvalue weighted by Gasteiger charge is 2.11. The number of benzene rings is 1. The van der Waals surface area contributed by atoms with Gasteiger partial charge in [-0.3, -0.25) is 4.79 Å². The lowest BCUT2D eigenvalue weighted by molar-refractivity contribution is 0.111. The Labute approximate surface area is 123 Å². The molecule has 5 heteroatoms. The number of rotatable bonds is 7. The Morgan fingerprint density at radius 3 is 2.67 bits per heavy atom. The Morgan fingerprint density at radius 1 is 1.14 bits per heavy atom. The lowest BCUT2D eigenvalue weighted by Gasteiger charge is -2.13. The smallest absolute Gasteiger partial charge is 0.213 e. The summed E-state index contributed by atoms with van der Waals surface area (Å²) in [6.07, 6.45) is 0.747. The molecule has 0 atom stereocenters. The van der Waals surface area contributed by atoms with Gasteiger partial charge in [0.25, 0.3) is 0 Å². The molecule has 0 saturated heterocycles. The van der Waals surface area contributed by atoms with Gasteiger partial charge in [0.05, 0.1) is 25.0 Å². The third-order valence-electron chi connectivity index (χ3n) is 2.79. The summed E-state index contributed by atoms with van der Waals surface area (Å²) < 4.78 is 16.3. The van der Waals surface area contributed by atoms with Crippen LogP contribution in [0.15, 0.2) is 36.4 Å². The number of para-hydroxylation sites is 1. The van der Waals surface area contributed by atoms with Gasteiger partial charge in [-0.15, -0.1) is 0 Å². The summed E-state index contributed by atoms with van der Waals surface area (Å²) in [7, 11) is 1.56. The molecule has 110 valence electrons. The zero-order chi connectivity index (χ0) is 15.1. The third kappa shape index (κ3) is 3.72. The van der Waals surface area contributed by atoms with Gasteiger partial charge in [0.2, 0.25) is 5.88 Å². The quantitative estimate of drug-likeness (QED) is 0.733. The molecule has 0 aliphatic carbocycles. The third-order valence-corrected chi connectivity index (χ3v) is 2.79. The fourth-order valence-corrected chi connectivity index (χ4v) is 1.85. The Balaban J connectivity index is 2.19. The lowest BCUT2D eigenvalue weighted by Crippen LogP contribution is -2.04. The predicted molar refractivity (Wildman–Crippen MR) is 78.1 cm³/mol. The maximum absolute atomic E-state index is 11.1. The summed E-state index contributed by atoms with van der Waals surface area (Å²) in [5, 5.41) is 0. The van der Waals surface area contributed by atoms with E-state index in [-0.39, 0.29) is 6.61 Å². The van der Waals surface area contributed by atoms with Crippen molar-refractivity contribution in [2.45, 2.75) is 13.5 Å². The summed E-state index contributed by atoms with van der Waals surface area (Å²) in [6, 6.07) is 10.6. The van der Waals surface area contributed by atoms with Gasteiger partial charge < -0.3 is 14.2 Å². The fraction of sp³-hybridized carbons (Fsp3) is 0.250. The Kier molecular flexibility index (Phi) is 5.15. The molecule has 0 saturated carbocycles. The van der Waals surface area contributed by atoms with E-state index < -0.39 is 0 Å². The summed E-state index contributed by atoms with van der Waals surface area (Å²) in [4.78, 5) is 15.4. The standard InChI is InChI=1S/C16H17NO4/c1-3-20-14-8-4-6-12(10-18)16(14)21-11-13-7-5-9-15(17-13)19-2/h4-10H,3,11H2,1-2H3. The number of hydrogen-bond acceptors (Lipinski definition) is 5. The van der Waals surface area contributed by atoms with Crippen molar-refractivity contribution in [2.75, 3.05) is 13.7 Å². The summed E-state index contributed by atoms with van der Waals surface area (Å²) in [6.45, 7) is 2.60. The van der Waals surface area contributed by atoms with E-state index in [9.17, 15) is 4.79 Å². The first-order valence-corrected chi connectivity index (χ1v) is 6.62. The fourth-order valence-electron chi connectivity index (χ4n) is 1.85. The highest BCUT2D eigenvalue weighted by Crippen LogP contribution is 2.31. The summed E-state index contributed by atoms with van der Waals surface area (Å²) >= 11 is 0. The molecule has 1 aromatic carbocycles. The van der Waals surface area contributed by atoms with Crippen LogP contribution in [0, 0.1) is 0 Å². The molecule has 0 spiro atoms. The van der Waals surface area contributed by atoms with Crippen molar-refractivity contribution in [1.29, 1.82) is 0 Å². The van der Waals surface area contributed by atoms with Gasteiger partial charge in [-0.2, -0.15) is 0 Å². The highest BCUT2D eigenvalue weighted by molar-refractivity contribution is 5.81. The van der Waals surface area contributed by atoms with Gasteiger partial charge >= 0.3 is 0 Å². The van der Waals surface area contributed by atoms with Crippen LogP contribution >= 0.6 is 0 Å². The Morgan fingerprint density at radius 2 is 1.95 bits per heavy atom. The van der Waals surface area contributed by atoms with Crippen molar-refractivity contribution in [3.8, 4) is 17.4 Å². The second kappa shape index (κ2) is 7.28. The molecule has 0 amide bonds. The maximum Gasteiger partial charge on any atom is 0.213 e. The minimum Gasteiger partial charge on any atom is -0.490 e. The molecule has 2 aromatic rings. The number of aldehydes is 1. The Hall–Kier alpha value is -2.56. The van der Waals surface area contributed by atoms with Gasteiger partial charge in [0, 0.05) is 6.07 Å². The molecule has 5 nitrogen and oxygen atoms in total. The Bertz CT molecular complexity index is 613. The number of nitrogens with zero attached hydrogens (tertiary/aromatic N) is 1. The van der Waals surface area contributed by atoms with Crippen LogP contribution in [0.3, 0.4) is 0 Å². The van der Waals surface area contributed by atoms with E-state index in [1.807, 2.05) is 19.1 Å². The molecule has 1 heterocycles. The molecule has 2 rings (SSSR count). The largest absolute Gasteiger partial charge is 0.490 e. The number of ether oxygens (including phenoxy) is 3. The summed E-state index contributed by atoms with van der Waals surface area (Å²) in [5.41, 5.74) is 1.15. The predicted octanol–water partition coefficient (Wildman–Crippen LogP) is 2.88. The number of carbonyl (C=O) groups is 1. The first-order valence-electron chi connectivity index (χ1n) is 6.62.